The molecular formula is C22H18FNO4. The smallest absolute Gasteiger partial charge is 0.273 e. The van der Waals surface area contributed by atoms with Gasteiger partial charge in [0.15, 0.2) is 0 Å². The molecule has 0 amide bonds. The zero-order valence-electron chi connectivity index (χ0n) is 15.2. The molecule has 0 aliphatic heterocycles. The van der Waals surface area contributed by atoms with Gasteiger partial charge >= 0.3 is 0 Å². The van der Waals surface area contributed by atoms with E-state index in [1.54, 1.807) is 37.3 Å². The van der Waals surface area contributed by atoms with Crippen molar-refractivity contribution in [3.63, 3.8) is 0 Å². The number of aryl methyl sites for hydroxylation is 1. The van der Waals surface area contributed by atoms with Crippen LogP contribution in [0.2, 0.25) is 0 Å². The summed E-state index contributed by atoms with van der Waals surface area (Å²) in [6.07, 6.45) is 2.22. The van der Waals surface area contributed by atoms with Crippen molar-refractivity contribution in [1.29, 1.82) is 0 Å². The molecule has 1 aliphatic rings. The van der Waals surface area contributed by atoms with Crippen LogP contribution >= 0.6 is 0 Å². The lowest BCUT2D eigenvalue weighted by Gasteiger charge is -2.17. The Morgan fingerprint density at radius 2 is 1.79 bits per heavy atom. The molecular weight excluding hydrogens is 361 g/mol. The maximum atomic E-state index is 13.3. The number of fused-ring (bicyclic) bond motifs is 1. The van der Waals surface area contributed by atoms with Crippen molar-refractivity contribution in [3.05, 3.63) is 81.2 Å². The van der Waals surface area contributed by atoms with Gasteiger partial charge in [0.05, 0.1) is 4.92 Å². The Hall–Kier alpha value is -3.41. The highest BCUT2D eigenvalue weighted by Gasteiger charge is 2.28. The largest absolute Gasteiger partial charge is 0.508 e. The van der Waals surface area contributed by atoms with Crippen LogP contribution in [0, 0.1) is 22.9 Å². The third-order valence-electron chi connectivity index (χ3n) is 5.04. The molecule has 3 aromatic rings. The van der Waals surface area contributed by atoms with Crippen LogP contribution in [0.3, 0.4) is 0 Å². The van der Waals surface area contributed by atoms with Gasteiger partial charge in [-0.2, -0.15) is 0 Å². The van der Waals surface area contributed by atoms with Gasteiger partial charge in [0.1, 0.15) is 23.1 Å². The molecule has 0 heterocycles. The van der Waals surface area contributed by atoms with Crippen molar-refractivity contribution in [1.82, 2.24) is 0 Å². The molecule has 0 saturated heterocycles. The summed E-state index contributed by atoms with van der Waals surface area (Å²) in [5.74, 6) is 0.829. The van der Waals surface area contributed by atoms with Crippen LogP contribution in [0.4, 0.5) is 10.1 Å². The second-order valence-electron chi connectivity index (χ2n) is 6.90. The number of rotatable bonds is 4. The van der Waals surface area contributed by atoms with E-state index in [0.717, 1.165) is 24.0 Å². The summed E-state index contributed by atoms with van der Waals surface area (Å²) >= 11 is 0. The molecule has 0 saturated carbocycles. The average Bonchev–Trinajstić information content (AvgIpc) is 3.15. The Morgan fingerprint density at radius 3 is 2.50 bits per heavy atom. The molecule has 142 valence electrons. The number of ether oxygens (including phenoxy) is 1. The number of benzene rings is 3. The fourth-order valence-electron chi connectivity index (χ4n) is 3.75. The molecule has 0 spiro atoms. The third-order valence-corrected chi connectivity index (χ3v) is 5.04. The van der Waals surface area contributed by atoms with E-state index >= 15 is 0 Å². The van der Waals surface area contributed by atoms with E-state index in [2.05, 4.69) is 0 Å². The molecule has 1 N–H and O–H groups in total. The molecule has 3 aromatic carbocycles. The lowest BCUT2D eigenvalue weighted by atomic mass is 10.0. The first kappa shape index (κ1) is 18.0. The first-order chi connectivity index (χ1) is 13.4. The van der Waals surface area contributed by atoms with Gasteiger partial charge in [0.25, 0.3) is 5.69 Å². The lowest BCUT2D eigenvalue weighted by molar-refractivity contribution is -0.385. The van der Waals surface area contributed by atoms with Crippen LogP contribution in [0.25, 0.3) is 11.1 Å². The Kier molecular flexibility index (Phi) is 4.47. The molecule has 0 radical (unpaired) electrons. The Bertz CT molecular complexity index is 1080. The number of nitro benzene ring substituents is 1. The zero-order valence-corrected chi connectivity index (χ0v) is 15.2. The average molecular weight is 379 g/mol. The normalized spacial score (nSPS) is 12.6. The van der Waals surface area contributed by atoms with Crippen molar-refractivity contribution >= 4 is 5.69 Å². The third kappa shape index (κ3) is 3.17. The van der Waals surface area contributed by atoms with Crippen LogP contribution in [-0.4, -0.2) is 10.0 Å². The Labute approximate surface area is 161 Å². The number of halogens is 1. The van der Waals surface area contributed by atoms with Gasteiger partial charge in [0, 0.05) is 22.8 Å². The summed E-state index contributed by atoms with van der Waals surface area (Å²) in [6, 6.07) is 12.2. The second kappa shape index (κ2) is 6.96. The van der Waals surface area contributed by atoms with Gasteiger partial charge in [0.2, 0.25) is 0 Å². The molecule has 6 heteroatoms. The van der Waals surface area contributed by atoms with Crippen LogP contribution in [0.15, 0.2) is 48.5 Å². The highest BCUT2D eigenvalue weighted by atomic mass is 19.1. The molecule has 0 bridgehead atoms. The van der Waals surface area contributed by atoms with Crippen molar-refractivity contribution in [2.45, 2.75) is 26.2 Å². The van der Waals surface area contributed by atoms with Gasteiger partial charge < -0.3 is 9.84 Å². The first-order valence-corrected chi connectivity index (χ1v) is 9.00. The molecule has 0 atom stereocenters. The Balaban J connectivity index is 1.82. The van der Waals surface area contributed by atoms with Gasteiger partial charge in [-0.1, -0.05) is 12.1 Å². The Morgan fingerprint density at radius 1 is 1.07 bits per heavy atom. The molecule has 5 nitrogen and oxygen atoms in total. The van der Waals surface area contributed by atoms with Crippen molar-refractivity contribution in [2.24, 2.45) is 0 Å². The topological polar surface area (TPSA) is 72.6 Å². The van der Waals surface area contributed by atoms with E-state index in [9.17, 15) is 19.6 Å². The summed E-state index contributed by atoms with van der Waals surface area (Å²) in [6.45, 7) is 1.79. The summed E-state index contributed by atoms with van der Waals surface area (Å²) < 4.78 is 19.5. The fourth-order valence-corrected chi connectivity index (χ4v) is 3.75. The first-order valence-electron chi connectivity index (χ1n) is 9.00. The molecule has 4 rings (SSSR count). The number of aromatic hydroxyl groups is 1. The summed E-state index contributed by atoms with van der Waals surface area (Å²) in [7, 11) is 0. The van der Waals surface area contributed by atoms with E-state index < -0.39 is 0 Å². The number of hydrogen-bond acceptors (Lipinski definition) is 4. The number of nitrogens with zero attached hydrogens (tertiary/aromatic N) is 1. The SMILES string of the molecule is Cc1cc([N+](=O)[O-])c2c(c1Oc1ccc(O)cc1-c1ccc(F)cc1)CCC2. The fraction of sp³-hybridized carbons (Fsp3) is 0.182. The van der Waals surface area contributed by atoms with Crippen molar-refractivity contribution in [3.8, 4) is 28.4 Å². The van der Waals surface area contributed by atoms with Crippen LogP contribution in [0.1, 0.15) is 23.1 Å². The van der Waals surface area contributed by atoms with Crippen LogP contribution in [0.5, 0.6) is 17.2 Å². The maximum Gasteiger partial charge on any atom is 0.273 e. The lowest BCUT2D eigenvalue weighted by Crippen LogP contribution is -2.00. The number of phenolic OH excluding ortho intramolecular Hbond substituents is 1. The van der Waals surface area contributed by atoms with E-state index in [4.69, 9.17) is 4.74 Å². The summed E-state index contributed by atoms with van der Waals surface area (Å²) in [4.78, 5) is 11.1. The number of hydrogen-bond donors (Lipinski definition) is 1. The molecule has 1 aliphatic carbocycles. The van der Waals surface area contributed by atoms with Gasteiger partial charge in [-0.05, 0) is 67.6 Å². The number of nitro groups is 1. The zero-order chi connectivity index (χ0) is 19.8. The van der Waals surface area contributed by atoms with Crippen molar-refractivity contribution < 1.29 is 19.2 Å². The second-order valence-corrected chi connectivity index (χ2v) is 6.90. The van der Waals surface area contributed by atoms with Crippen LogP contribution < -0.4 is 4.74 Å². The van der Waals surface area contributed by atoms with E-state index in [0.29, 0.717) is 34.6 Å². The van der Waals surface area contributed by atoms with Crippen LogP contribution in [-0.2, 0) is 12.8 Å². The molecule has 0 fully saturated rings. The van der Waals surface area contributed by atoms with E-state index in [1.807, 2.05) is 0 Å². The number of phenols is 1. The monoisotopic (exact) mass is 379 g/mol. The summed E-state index contributed by atoms with van der Waals surface area (Å²) in [5.41, 5.74) is 3.73. The van der Waals surface area contributed by atoms with Gasteiger partial charge in [-0.25, -0.2) is 4.39 Å². The maximum absolute atomic E-state index is 13.3. The minimum Gasteiger partial charge on any atom is -0.508 e. The quantitative estimate of drug-likeness (QED) is 0.466. The predicted molar refractivity (Wildman–Crippen MR) is 103 cm³/mol. The highest BCUT2D eigenvalue weighted by molar-refractivity contribution is 5.73. The van der Waals surface area contributed by atoms with E-state index in [-0.39, 0.29) is 22.2 Å². The summed E-state index contributed by atoms with van der Waals surface area (Å²) in [5, 5.41) is 21.3. The molecule has 28 heavy (non-hydrogen) atoms. The van der Waals surface area contributed by atoms with Crippen molar-refractivity contribution in [2.75, 3.05) is 0 Å². The highest BCUT2D eigenvalue weighted by Crippen LogP contribution is 2.43. The van der Waals surface area contributed by atoms with E-state index in [1.165, 1.54) is 18.2 Å². The standard InChI is InChI=1S/C22H18FNO4/c1-13-11-20(24(26)27)17-3-2-4-18(17)22(13)28-21-10-9-16(25)12-19(21)14-5-7-15(23)8-6-14/h5-12,25H,2-4H2,1H3. The molecule has 0 aromatic heterocycles. The minimum atomic E-state index is -0.351. The predicted octanol–water partition coefficient (Wildman–Crippen LogP) is 5.70. The minimum absolute atomic E-state index is 0.0670. The van der Waals surface area contributed by atoms with Gasteiger partial charge in [-0.15, -0.1) is 0 Å². The van der Waals surface area contributed by atoms with Gasteiger partial charge in [-0.3, -0.25) is 10.1 Å². The molecule has 0 unspecified atom stereocenters.